The fraction of sp³-hybridized carbons (Fsp3) is 0.455. The Morgan fingerprint density at radius 2 is 2.33 bits per heavy atom. The fourth-order valence-corrected chi connectivity index (χ4v) is 1.27. The Balaban J connectivity index is 2.97. The van der Waals surface area contributed by atoms with E-state index in [0.29, 0.717) is 12.5 Å². The number of hydrogen-bond donors (Lipinski definition) is 2. The number of carbonyl (C=O) groups is 1. The van der Waals surface area contributed by atoms with Crippen molar-refractivity contribution in [2.45, 2.75) is 20.3 Å². The Kier molecular flexibility index (Phi) is 4.59. The highest BCUT2D eigenvalue weighted by Gasteiger charge is 2.17. The van der Waals surface area contributed by atoms with E-state index in [9.17, 15) is 14.9 Å². The molecular weight excluding hydrogens is 238 g/mol. The van der Waals surface area contributed by atoms with Crippen LogP contribution in [-0.2, 0) is 0 Å². The van der Waals surface area contributed by atoms with Gasteiger partial charge in [0.15, 0.2) is 0 Å². The van der Waals surface area contributed by atoms with E-state index in [4.69, 9.17) is 5.11 Å². The molecule has 7 nitrogen and oxygen atoms in total. The molecule has 0 bridgehead atoms. The lowest BCUT2D eigenvalue weighted by molar-refractivity contribution is -0.385. The average Bonchev–Trinajstić information content (AvgIpc) is 2.35. The first-order valence-electron chi connectivity index (χ1n) is 5.57. The van der Waals surface area contributed by atoms with Crippen molar-refractivity contribution < 1.29 is 14.8 Å². The largest absolute Gasteiger partial charge is 0.478 e. The van der Waals surface area contributed by atoms with Crippen LogP contribution < -0.4 is 5.32 Å². The lowest BCUT2D eigenvalue weighted by Crippen LogP contribution is -2.14. The van der Waals surface area contributed by atoms with E-state index in [1.807, 2.05) is 13.8 Å². The Labute approximate surface area is 104 Å². The lowest BCUT2D eigenvalue weighted by Gasteiger charge is -2.12. The summed E-state index contributed by atoms with van der Waals surface area (Å²) in [4.78, 5) is 24.7. The molecule has 0 aliphatic heterocycles. The fourth-order valence-electron chi connectivity index (χ4n) is 1.27. The number of aromatic carboxylic acids is 1. The van der Waals surface area contributed by atoms with Gasteiger partial charge >= 0.3 is 5.97 Å². The van der Waals surface area contributed by atoms with Gasteiger partial charge in [0.1, 0.15) is 17.6 Å². The topological polar surface area (TPSA) is 105 Å². The molecule has 1 aromatic rings. The van der Waals surface area contributed by atoms with Crippen LogP contribution in [0, 0.1) is 16.0 Å². The number of carboxylic acid groups (broad SMARTS) is 1. The predicted molar refractivity (Wildman–Crippen MR) is 65.8 cm³/mol. The third kappa shape index (κ3) is 3.41. The summed E-state index contributed by atoms with van der Waals surface area (Å²) in [6.07, 6.45) is 1.99. The first-order valence-corrected chi connectivity index (χ1v) is 5.57. The number of aromatic nitrogens is 1. The van der Waals surface area contributed by atoms with Crippen molar-refractivity contribution in [3.8, 4) is 0 Å². The van der Waals surface area contributed by atoms with Crippen LogP contribution in [0.15, 0.2) is 12.3 Å². The molecule has 0 fully saturated rings. The molecule has 1 rings (SSSR count). The molecule has 7 heteroatoms. The van der Waals surface area contributed by atoms with Crippen molar-refractivity contribution in [2.24, 2.45) is 5.92 Å². The van der Waals surface area contributed by atoms with Gasteiger partial charge < -0.3 is 10.4 Å². The third-order valence-electron chi connectivity index (χ3n) is 2.63. The van der Waals surface area contributed by atoms with Gasteiger partial charge in [-0.1, -0.05) is 20.3 Å². The molecule has 0 radical (unpaired) electrons. The van der Waals surface area contributed by atoms with Gasteiger partial charge in [-0.25, -0.2) is 9.78 Å². The van der Waals surface area contributed by atoms with Crippen molar-refractivity contribution in [1.29, 1.82) is 0 Å². The molecule has 1 aromatic heterocycles. The van der Waals surface area contributed by atoms with E-state index in [1.165, 1.54) is 0 Å². The number of nitro groups is 1. The third-order valence-corrected chi connectivity index (χ3v) is 2.63. The number of pyridine rings is 1. The second-order valence-electron chi connectivity index (χ2n) is 4.05. The van der Waals surface area contributed by atoms with E-state index in [0.717, 1.165) is 18.7 Å². The van der Waals surface area contributed by atoms with Gasteiger partial charge in [0, 0.05) is 12.6 Å². The molecule has 0 amide bonds. The normalized spacial score (nSPS) is 11.9. The summed E-state index contributed by atoms with van der Waals surface area (Å²) in [7, 11) is 0. The maximum atomic E-state index is 11.0. The van der Waals surface area contributed by atoms with Crippen LogP contribution in [0.1, 0.15) is 30.6 Å². The minimum atomic E-state index is -1.24. The van der Waals surface area contributed by atoms with E-state index >= 15 is 0 Å². The van der Waals surface area contributed by atoms with Gasteiger partial charge in [-0.3, -0.25) is 10.1 Å². The van der Waals surface area contributed by atoms with Gasteiger partial charge in [0.05, 0.1) is 4.92 Å². The molecular formula is C11H15N3O4. The van der Waals surface area contributed by atoms with Crippen LogP contribution in [-0.4, -0.2) is 27.5 Å². The average molecular weight is 253 g/mol. The summed E-state index contributed by atoms with van der Waals surface area (Å²) >= 11 is 0. The molecule has 98 valence electrons. The summed E-state index contributed by atoms with van der Waals surface area (Å²) in [5, 5.41) is 22.4. The minimum Gasteiger partial charge on any atom is -0.478 e. The first kappa shape index (κ1) is 13.9. The monoisotopic (exact) mass is 253 g/mol. The van der Waals surface area contributed by atoms with Gasteiger partial charge in [-0.2, -0.15) is 0 Å². The highest BCUT2D eigenvalue weighted by Crippen LogP contribution is 2.19. The quantitative estimate of drug-likeness (QED) is 0.594. The number of carboxylic acids is 1. The van der Waals surface area contributed by atoms with Crippen LogP contribution in [0.2, 0.25) is 0 Å². The van der Waals surface area contributed by atoms with Crippen LogP contribution in [0.25, 0.3) is 0 Å². The molecule has 0 aromatic carbocycles. The summed E-state index contributed by atoms with van der Waals surface area (Å²) in [5.74, 6) is -0.713. The molecule has 0 aliphatic rings. The number of nitrogens with one attached hydrogen (secondary N) is 1. The van der Waals surface area contributed by atoms with E-state index < -0.39 is 10.9 Å². The van der Waals surface area contributed by atoms with Gasteiger partial charge in [0.2, 0.25) is 0 Å². The summed E-state index contributed by atoms with van der Waals surface area (Å²) in [5.41, 5.74) is -0.519. The molecule has 1 heterocycles. The predicted octanol–water partition coefficient (Wildman–Crippen LogP) is 2.15. The summed E-state index contributed by atoms with van der Waals surface area (Å²) in [6, 6.07) is 1.01. The number of anilines is 1. The molecule has 1 unspecified atom stereocenters. The SMILES string of the molecule is CCC(C)CNc1ncc([N+](=O)[O-])cc1C(=O)O. The second-order valence-corrected chi connectivity index (χ2v) is 4.05. The molecule has 2 N–H and O–H groups in total. The zero-order valence-electron chi connectivity index (χ0n) is 10.2. The zero-order chi connectivity index (χ0) is 13.7. The van der Waals surface area contributed by atoms with Gasteiger partial charge in [0.25, 0.3) is 5.69 Å². The van der Waals surface area contributed by atoms with E-state index in [1.54, 1.807) is 0 Å². The van der Waals surface area contributed by atoms with Crippen LogP contribution in [0.4, 0.5) is 11.5 Å². The van der Waals surface area contributed by atoms with Crippen molar-refractivity contribution in [3.63, 3.8) is 0 Å². The number of rotatable bonds is 6. The summed E-state index contributed by atoms with van der Waals surface area (Å²) in [6.45, 7) is 4.61. The van der Waals surface area contributed by atoms with Crippen molar-refractivity contribution in [3.05, 3.63) is 27.9 Å². The van der Waals surface area contributed by atoms with Crippen molar-refractivity contribution >= 4 is 17.5 Å². The first-order chi connectivity index (χ1) is 8.45. The number of hydrogen-bond acceptors (Lipinski definition) is 5. The highest BCUT2D eigenvalue weighted by molar-refractivity contribution is 5.93. The highest BCUT2D eigenvalue weighted by atomic mass is 16.6. The molecule has 18 heavy (non-hydrogen) atoms. The smallest absolute Gasteiger partial charge is 0.339 e. The molecule has 1 atom stereocenters. The summed E-state index contributed by atoms with van der Waals surface area (Å²) < 4.78 is 0. The van der Waals surface area contributed by atoms with E-state index in [2.05, 4.69) is 10.3 Å². The number of nitrogens with zero attached hydrogens (tertiary/aromatic N) is 2. The van der Waals surface area contributed by atoms with Crippen LogP contribution in [0.3, 0.4) is 0 Å². The maximum absolute atomic E-state index is 11.0. The Morgan fingerprint density at radius 1 is 1.67 bits per heavy atom. The molecule has 0 aliphatic carbocycles. The minimum absolute atomic E-state index is 0.161. The standard InChI is InChI=1S/C11H15N3O4/c1-3-7(2)5-12-10-9(11(15)16)4-8(6-13-10)14(17)18/h4,6-7H,3,5H2,1-2H3,(H,12,13)(H,15,16). The van der Waals surface area contributed by atoms with E-state index in [-0.39, 0.29) is 17.1 Å². The van der Waals surface area contributed by atoms with Crippen LogP contribution in [0.5, 0.6) is 0 Å². The van der Waals surface area contributed by atoms with Crippen LogP contribution >= 0.6 is 0 Å². The maximum Gasteiger partial charge on any atom is 0.339 e. The zero-order valence-corrected chi connectivity index (χ0v) is 10.2. The Bertz CT molecular complexity index is 462. The molecule has 0 spiro atoms. The van der Waals surface area contributed by atoms with Gasteiger partial charge in [-0.15, -0.1) is 0 Å². The lowest BCUT2D eigenvalue weighted by atomic mass is 10.1. The second kappa shape index (κ2) is 5.95. The van der Waals surface area contributed by atoms with Gasteiger partial charge in [-0.05, 0) is 5.92 Å². The Hall–Kier alpha value is -2.18. The van der Waals surface area contributed by atoms with Crippen molar-refractivity contribution in [2.75, 3.05) is 11.9 Å². The molecule has 0 saturated heterocycles. The molecule has 0 saturated carbocycles. The van der Waals surface area contributed by atoms with Crippen molar-refractivity contribution in [1.82, 2.24) is 4.98 Å². The Morgan fingerprint density at radius 3 is 2.83 bits per heavy atom.